The third-order valence-corrected chi connectivity index (χ3v) is 6.95. The lowest BCUT2D eigenvalue weighted by Gasteiger charge is -2.35. The minimum Gasteiger partial charge on any atom is -0.339 e. The Labute approximate surface area is 194 Å². The molecule has 0 saturated carbocycles. The largest absolute Gasteiger partial charge is 0.339 e. The summed E-state index contributed by atoms with van der Waals surface area (Å²) in [5, 5.41) is 9.46. The zero-order valence-electron chi connectivity index (χ0n) is 18.9. The van der Waals surface area contributed by atoms with Gasteiger partial charge in [-0.3, -0.25) is 9.69 Å². The number of rotatable bonds is 8. The molecule has 6 nitrogen and oxygen atoms in total. The Morgan fingerprint density at radius 1 is 0.938 bits per heavy atom. The first-order valence-electron chi connectivity index (χ1n) is 11.3. The Morgan fingerprint density at radius 2 is 1.56 bits per heavy atom. The van der Waals surface area contributed by atoms with Crippen LogP contribution in [0, 0.1) is 0 Å². The molecular weight excluding hydrogens is 418 g/mol. The summed E-state index contributed by atoms with van der Waals surface area (Å²) < 4.78 is 2.12. The molecule has 0 N–H and O–H groups in total. The van der Waals surface area contributed by atoms with Crippen molar-refractivity contribution < 1.29 is 4.79 Å². The maximum Gasteiger partial charge on any atom is 0.235 e. The third-order valence-electron chi connectivity index (χ3n) is 5.88. The lowest BCUT2D eigenvalue weighted by atomic mass is 10.1. The Kier molecular flexibility index (Phi) is 7.60. The van der Waals surface area contributed by atoms with Crippen molar-refractivity contribution in [2.75, 3.05) is 26.2 Å². The fourth-order valence-corrected chi connectivity index (χ4v) is 5.08. The second kappa shape index (κ2) is 10.8. The van der Waals surface area contributed by atoms with Crippen LogP contribution in [-0.2, 0) is 24.3 Å². The molecule has 2 aromatic carbocycles. The van der Waals surface area contributed by atoms with Crippen molar-refractivity contribution in [3.8, 4) is 0 Å². The minimum atomic E-state index is -0.185. The summed E-state index contributed by atoms with van der Waals surface area (Å²) in [4.78, 5) is 17.5. The van der Waals surface area contributed by atoms with Crippen LogP contribution in [0.15, 0.2) is 65.8 Å². The van der Waals surface area contributed by atoms with E-state index in [4.69, 9.17) is 0 Å². The zero-order valence-corrected chi connectivity index (χ0v) is 19.7. The normalized spacial score (nSPS) is 15.6. The van der Waals surface area contributed by atoms with Gasteiger partial charge in [0.2, 0.25) is 5.91 Å². The van der Waals surface area contributed by atoms with Gasteiger partial charge >= 0.3 is 0 Å². The average molecular weight is 450 g/mol. The number of nitrogens with zero attached hydrogens (tertiary/aromatic N) is 5. The van der Waals surface area contributed by atoms with Crippen molar-refractivity contribution in [1.82, 2.24) is 24.6 Å². The number of thioether (sulfide) groups is 1. The van der Waals surface area contributed by atoms with Gasteiger partial charge in [0.05, 0.1) is 5.25 Å². The molecule has 1 aliphatic heterocycles. The molecule has 1 amide bonds. The van der Waals surface area contributed by atoms with E-state index in [1.54, 1.807) is 0 Å². The van der Waals surface area contributed by atoms with Crippen LogP contribution >= 0.6 is 11.8 Å². The summed E-state index contributed by atoms with van der Waals surface area (Å²) in [6, 6.07) is 20.8. The molecule has 4 rings (SSSR count). The third kappa shape index (κ3) is 5.58. The van der Waals surface area contributed by atoms with E-state index in [1.807, 2.05) is 36.1 Å². The fourth-order valence-electron chi connectivity index (χ4n) is 4.07. The SMILES string of the molecule is CCn1c(Cc2ccccc2)nnc1S[C@@H](C)C(=O)N1CCN(Cc2ccccc2)CC1. The van der Waals surface area contributed by atoms with Crippen LogP contribution in [0.2, 0.25) is 0 Å². The molecule has 1 aromatic heterocycles. The standard InChI is InChI=1S/C25H31N5OS/c1-3-30-23(18-21-10-6-4-7-11-21)26-27-25(30)32-20(2)24(31)29-16-14-28(15-17-29)19-22-12-8-5-9-13-22/h4-13,20H,3,14-19H2,1-2H3/t20-/m0/s1. The second-order valence-electron chi connectivity index (χ2n) is 8.15. The van der Waals surface area contributed by atoms with Gasteiger partial charge in [-0.15, -0.1) is 10.2 Å². The van der Waals surface area contributed by atoms with Gasteiger partial charge in [0, 0.05) is 45.7 Å². The number of carbonyl (C=O) groups excluding carboxylic acids is 1. The molecule has 3 aromatic rings. The van der Waals surface area contributed by atoms with Gasteiger partial charge in [0.15, 0.2) is 5.16 Å². The number of piperazine rings is 1. The fraction of sp³-hybridized carbons (Fsp3) is 0.400. The summed E-state index contributed by atoms with van der Waals surface area (Å²) in [5.41, 5.74) is 2.53. The van der Waals surface area contributed by atoms with Crippen molar-refractivity contribution in [2.24, 2.45) is 0 Å². The van der Waals surface area contributed by atoms with Gasteiger partial charge in [-0.1, -0.05) is 72.4 Å². The van der Waals surface area contributed by atoms with Crippen molar-refractivity contribution in [3.63, 3.8) is 0 Å². The van der Waals surface area contributed by atoms with Crippen molar-refractivity contribution in [3.05, 3.63) is 77.6 Å². The highest BCUT2D eigenvalue weighted by Crippen LogP contribution is 2.25. The van der Waals surface area contributed by atoms with Crippen molar-refractivity contribution in [1.29, 1.82) is 0 Å². The monoisotopic (exact) mass is 449 g/mol. The summed E-state index contributed by atoms with van der Waals surface area (Å²) in [6.07, 6.45) is 0.744. The molecule has 1 fully saturated rings. The molecule has 1 aliphatic rings. The minimum absolute atomic E-state index is 0.185. The molecule has 168 valence electrons. The van der Waals surface area contributed by atoms with Crippen LogP contribution < -0.4 is 0 Å². The van der Waals surface area contributed by atoms with Crippen LogP contribution in [0.3, 0.4) is 0 Å². The highest BCUT2D eigenvalue weighted by Gasteiger charge is 2.27. The predicted octanol–water partition coefficient (Wildman–Crippen LogP) is 3.71. The maximum absolute atomic E-state index is 13.1. The summed E-state index contributed by atoms with van der Waals surface area (Å²) >= 11 is 1.52. The zero-order chi connectivity index (χ0) is 22.3. The van der Waals surface area contributed by atoms with Crippen molar-refractivity contribution in [2.45, 2.75) is 43.8 Å². The van der Waals surface area contributed by atoms with E-state index in [1.165, 1.54) is 22.9 Å². The van der Waals surface area contributed by atoms with E-state index in [2.05, 4.69) is 63.0 Å². The van der Waals surface area contributed by atoms with Crippen LogP contribution in [0.1, 0.15) is 30.8 Å². The van der Waals surface area contributed by atoms with Gasteiger partial charge < -0.3 is 9.47 Å². The Hall–Kier alpha value is -2.64. The molecule has 0 aliphatic carbocycles. The molecule has 1 saturated heterocycles. The van der Waals surface area contributed by atoms with E-state index >= 15 is 0 Å². The highest BCUT2D eigenvalue weighted by molar-refractivity contribution is 8.00. The Bertz CT molecular complexity index is 1000. The second-order valence-corrected chi connectivity index (χ2v) is 9.46. The predicted molar refractivity (Wildman–Crippen MR) is 129 cm³/mol. The van der Waals surface area contributed by atoms with Crippen LogP contribution in [0.25, 0.3) is 0 Å². The number of aromatic nitrogens is 3. The molecular formula is C25H31N5OS. The molecule has 0 bridgehead atoms. The van der Waals surface area contributed by atoms with Gasteiger partial charge in [0.25, 0.3) is 0 Å². The molecule has 0 radical (unpaired) electrons. The maximum atomic E-state index is 13.1. The number of hydrogen-bond donors (Lipinski definition) is 0. The van der Waals surface area contributed by atoms with Crippen LogP contribution in [0.5, 0.6) is 0 Å². The van der Waals surface area contributed by atoms with Gasteiger partial charge in [0.1, 0.15) is 5.82 Å². The van der Waals surface area contributed by atoms with Crippen LogP contribution in [-0.4, -0.2) is 61.9 Å². The van der Waals surface area contributed by atoms with Crippen LogP contribution in [0.4, 0.5) is 0 Å². The molecule has 32 heavy (non-hydrogen) atoms. The van der Waals surface area contributed by atoms with Gasteiger partial charge in [-0.2, -0.15) is 0 Å². The lowest BCUT2D eigenvalue weighted by molar-refractivity contribution is -0.132. The molecule has 0 spiro atoms. The first kappa shape index (κ1) is 22.6. The van der Waals surface area contributed by atoms with Crippen molar-refractivity contribution >= 4 is 17.7 Å². The smallest absolute Gasteiger partial charge is 0.235 e. The van der Waals surface area contributed by atoms with Gasteiger partial charge in [-0.25, -0.2) is 0 Å². The van der Waals surface area contributed by atoms with E-state index < -0.39 is 0 Å². The number of hydrogen-bond acceptors (Lipinski definition) is 5. The molecule has 2 heterocycles. The summed E-state index contributed by atoms with van der Waals surface area (Å²) in [7, 11) is 0. The highest BCUT2D eigenvalue weighted by atomic mass is 32.2. The molecule has 0 unspecified atom stereocenters. The summed E-state index contributed by atoms with van der Waals surface area (Å²) in [6.45, 7) is 9.17. The number of benzene rings is 2. The quantitative estimate of drug-likeness (QED) is 0.491. The summed E-state index contributed by atoms with van der Waals surface area (Å²) in [5.74, 6) is 1.12. The van der Waals surface area contributed by atoms with E-state index in [-0.39, 0.29) is 11.2 Å². The van der Waals surface area contributed by atoms with E-state index in [9.17, 15) is 4.79 Å². The topological polar surface area (TPSA) is 54.3 Å². The molecule has 7 heteroatoms. The average Bonchev–Trinajstić information content (AvgIpc) is 3.21. The van der Waals surface area contributed by atoms with E-state index in [0.717, 1.165) is 56.7 Å². The molecule has 1 atom stereocenters. The number of amides is 1. The van der Waals surface area contributed by atoms with E-state index in [0.29, 0.717) is 0 Å². The first-order valence-corrected chi connectivity index (χ1v) is 12.2. The first-order chi connectivity index (χ1) is 15.6. The van der Waals surface area contributed by atoms with Gasteiger partial charge in [-0.05, 0) is 25.0 Å². The lowest BCUT2D eigenvalue weighted by Crippen LogP contribution is -2.50. The Morgan fingerprint density at radius 3 is 2.19 bits per heavy atom. The Balaban J connectivity index is 1.32. The number of carbonyl (C=O) groups is 1.